The van der Waals surface area contributed by atoms with E-state index < -0.39 is 30.8 Å². The van der Waals surface area contributed by atoms with Gasteiger partial charge >= 0.3 is 5.97 Å². The molecule has 2 N–H and O–H groups in total. The number of benzene rings is 1. The minimum atomic E-state index is -2.85. The molecule has 0 fully saturated rings. The van der Waals surface area contributed by atoms with Crippen LogP contribution in [0.2, 0.25) is 5.02 Å². The minimum Gasteiger partial charge on any atom is -0.493 e. The van der Waals surface area contributed by atoms with Gasteiger partial charge in [-0.1, -0.05) is 18.5 Å². The van der Waals surface area contributed by atoms with Crippen LogP contribution in [0.25, 0.3) is 0 Å². The van der Waals surface area contributed by atoms with E-state index in [0.29, 0.717) is 13.0 Å². The number of nitrogens with one attached hydrogen (secondary N) is 1. The molecule has 0 aliphatic heterocycles. The van der Waals surface area contributed by atoms with Crippen LogP contribution in [-0.2, 0) is 4.79 Å². The van der Waals surface area contributed by atoms with Crippen LogP contribution in [0.5, 0.6) is 5.75 Å². The highest BCUT2D eigenvalue weighted by Crippen LogP contribution is 2.23. The third kappa shape index (κ3) is 5.48. The van der Waals surface area contributed by atoms with E-state index in [1.54, 1.807) is 0 Å². The van der Waals surface area contributed by atoms with Crippen molar-refractivity contribution < 1.29 is 28.2 Å². The van der Waals surface area contributed by atoms with E-state index in [0.717, 1.165) is 0 Å². The molecule has 1 aromatic rings. The summed E-state index contributed by atoms with van der Waals surface area (Å²) in [6.07, 6.45) is -3.13. The number of amides is 1. The van der Waals surface area contributed by atoms with Crippen LogP contribution in [0.4, 0.5) is 8.78 Å². The Bertz CT molecular complexity index is 540. The molecule has 122 valence electrons. The van der Waals surface area contributed by atoms with Crippen molar-refractivity contribution in [1.29, 1.82) is 0 Å². The molecule has 5 nitrogen and oxygen atoms in total. The molecular formula is C14H16ClF2NO4. The Morgan fingerprint density at radius 1 is 1.41 bits per heavy atom. The number of aliphatic carboxylic acids is 1. The van der Waals surface area contributed by atoms with Gasteiger partial charge in [0.1, 0.15) is 11.8 Å². The predicted molar refractivity (Wildman–Crippen MR) is 76.7 cm³/mol. The number of rotatable bonds is 8. The summed E-state index contributed by atoms with van der Waals surface area (Å²) in [5.41, 5.74) is 0.00136. The Morgan fingerprint density at radius 2 is 2.09 bits per heavy atom. The molecule has 0 heterocycles. The molecule has 0 aliphatic rings. The van der Waals surface area contributed by atoms with Crippen molar-refractivity contribution in [1.82, 2.24) is 5.32 Å². The fraction of sp³-hybridized carbons (Fsp3) is 0.429. The minimum absolute atomic E-state index is 0.00136. The number of halogens is 3. The smallest absolute Gasteiger partial charge is 0.326 e. The van der Waals surface area contributed by atoms with Gasteiger partial charge in [-0.25, -0.2) is 13.6 Å². The molecule has 1 atom stereocenters. The molecule has 1 amide bonds. The monoisotopic (exact) mass is 335 g/mol. The highest BCUT2D eigenvalue weighted by molar-refractivity contribution is 6.31. The molecule has 0 saturated heterocycles. The first-order valence-electron chi connectivity index (χ1n) is 6.59. The summed E-state index contributed by atoms with van der Waals surface area (Å²) in [4.78, 5) is 23.0. The van der Waals surface area contributed by atoms with E-state index in [1.165, 1.54) is 18.2 Å². The van der Waals surface area contributed by atoms with Crippen LogP contribution in [0.1, 0.15) is 30.1 Å². The topological polar surface area (TPSA) is 75.6 Å². The van der Waals surface area contributed by atoms with Gasteiger partial charge in [-0.05, 0) is 24.6 Å². The Hall–Kier alpha value is -1.89. The molecule has 8 heteroatoms. The summed E-state index contributed by atoms with van der Waals surface area (Å²) in [7, 11) is 0. The number of hydrogen-bond acceptors (Lipinski definition) is 3. The van der Waals surface area contributed by atoms with E-state index in [4.69, 9.17) is 21.4 Å². The second-order valence-corrected chi connectivity index (χ2v) is 4.92. The normalized spacial score (nSPS) is 12.0. The second kappa shape index (κ2) is 8.53. The van der Waals surface area contributed by atoms with Crippen LogP contribution < -0.4 is 10.1 Å². The zero-order valence-corrected chi connectivity index (χ0v) is 12.6. The summed E-state index contributed by atoms with van der Waals surface area (Å²) in [6.45, 7) is 2.22. The lowest BCUT2D eigenvalue weighted by Crippen LogP contribution is -2.42. The molecule has 1 unspecified atom stereocenters. The van der Waals surface area contributed by atoms with Crippen molar-refractivity contribution in [2.24, 2.45) is 0 Å². The maximum atomic E-state index is 12.3. The number of alkyl halides is 2. The van der Waals surface area contributed by atoms with Gasteiger partial charge in [-0.15, -0.1) is 0 Å². The van der Waals surface area contributed by atoms with E-state index in [-0.39, 0.29) is 16.3 Å². The van der Waals surface area contributed by atoms with Crippen LogP contribution in [-0.4, -0.2) is 36.1 Å². The number of carboxylic acid groups (broad SMARTS) is 1. The third-order valence-electron chi connectivity index (χ3n) is 2.67. The van der Waals surface area contributed by atoms with E-state index >= 15 is 0 Å². The average Bonchev–Trinajstić information content (AvgIpc) is 2.44. The summed E-state index contributed by atoms with van der Waals surface area (Å²) in [5, 5.41) is 11.2. The van der Waals surface area contributed by atoms with Gasteiger partial charge in [0, 0.05) is 11.4 Å². The van der Waals surface area contributed by atoms with Crippen molar-refractivity contribution in [3.63, 3.8) is 0 Å². The van der Waals surface area contributed by atoms with Gasteiger partial charge in [0.2, 0.25) is 6.43 Å². The largest absolute Gasteiger partial charge is 0.493 e. The zero-order chi connectivity index (χ0) is 16.7. The van der Waals surface area contributed by atoms with Crippen LogP contribution in [0.3, 0.4) is 0 Å². The van der Waals surface area contributed by atoms with E-state index in [9.17, 15) is 18.4 Å². The first-order chi connectivity index (χ1) is 10.3. The molecule has 1 aromatic carbocycles. The lowest BCUT2D eigenvalue weighted by molar-refractivity contribution is -0.140. The van der Waals surface area contributed by atoms with Gasteiger partial charge in [0.25, 0.3) is 5.91 Å². The Morgan fingerprint density at radius 3 is 2.64 bits per heavy atom. The van der Waals surface area contributed by atoms with Crippen LogP contribution >= 0.6 is 11.6 Å². The quantitative estimate of drug-likeness (QED) is 0.766. The molecule has 0 saturated carbocycles. The maximum absolute atomic E-state index is 12.3. The van der Waals surface area contributed by atoms with Crippen LogP contribution in [0.15, 0.2) is 18.2 Å². The first-order valence-corrected chi connectivity index (χ1v) is 6.97. The highest BCUT2D eigenvalue weighted by Gasteiger charge is 2.26. The Balaban J connectivity index is 2.95. The standard InChI is InChI=1S/C14H16ClF2NO4/c1-2-5-22-11-4-3-8(15)6-9(11)13(19)18-10(14(20)21)7-12(16)17/h3-4,6,10,12H,2,5,7H2,1H3,(H,18,19)(H,20,21). The van der Waals surface area contributed by atoms with Crippen molar-refractivity contribution in [2.45, 2.75) is 32.2 Å². The van der Waals surface area contributed by atoms with Crippen LogP contribution in [0, 0.1) is 0 Å². The summed E-state index contributed by atoms with van der Waals surface area (Å²) >= 11 is 5.81. The fourth-order valence-corrected chi connectivity index (χ4v) is 1.83. The summed E-state index contributed by atoms with van der Waals surface area (Å²) in [5.74, 6) is -2.15. The SMILES string of the molecule is CCCOc1ccc(Cl)cc1C(=O)NC(CC(F)F)C(=O)O. The summed E-state index contributed by atoms with van der Waals surface area (Å²) < 4.78 is 30.1. The van der Waals surface area contributed by atoms with Gasteiger partial charge in [-0.2, -0.15) is 0 Å². The Labute approximate surface area is 131 Å². The predicted octanol–water partition coefficient (Wildman–Crippen LogP) is 2.97. The van der Waals surface area contributed by atoms with E-state index in [2.05, 4.69) is 5.32 Å². The van der Waals surface area contributed by atoms with Gasteiger partial charge in [0.15, 0.2) is 0 Å². The van der Waals surface area contributed by atoms with Crippen molar-refractivity contribution in [3.05, 3.63) is 28.8 Å². The lowest BCUT2D eigenvalue weighted by Gasteiger charge is -2.16. The molecule has 0 aromatic heterocycles. The molecular weight excluding hydrogens is 320 g/mol. The fourth-order valence-electron chi connectivity index (χ4n) is 1.65. The maximum Gasteiger partial charge on any atom is 0.326 e. The lowest BCUT2D eigenvalue weighted by atomic mass is 10.1. The average molecular weight is 336 g/mol. The second-order valence-electron chi connectivity index (χ2n) is 4.48. The number of carbonyl (C=O) groups excluding carboxylic acids is 1. The van der Waals surface area contributed by atoms with Gasteiger partial charge < -0.3 is 15.2 Å². The number of ether oxygens (including phenoxy) is 1. The molecule has 0 bridgehead atoms. The molecule has 0 radical (unpaired) electrons. The molecule has 1 rings (SSSR count). The Kier molecular flexibility index (Phi) is 7.04. The number of hydrogen-bond donors (Lipinski definition) is 2. The number of carbonyl (C=O) groups is 2. The third-order valence-corrected chi connectivity index (χ3v) is 2.90. The highest BCUT2D eigenvalue weighted by atomic mass is 35.5. The summed E-state index contributed by atoms with van der Waals surface area (Å²) in [6, 6.07) is 2.58. The van der Waals surface area contributed by atoms with Gasteiger partial charge in [-0.3, -0.25) is 4.79 Å². The van der Waals surface area contributed by atoms with Gasteiger partial charge in [0.05, 0.1) is 12.2 Å². The number of carboxylic acids is 1. The van der Waals surface area contributed by atoms with Crippen molar-refractivity contribution in [3.8, 4) is 5.75 Å². The molecule has 22 heavy (non-hydrogen) atoms. The first kappa shape index (κ1) is 18.2. The van der Waals surface area contributed by atoms with E-state index in [1.807, 2.05) is 6.92 Å². The zero-order valence-electron chi connectivity index (χ0n) is 11.8. The molecule has 0 spiro atoms. The molecule has 0 aliphatic carbocycles. The van der Waals surface area contributed by atoms with Crippen molar-refractivity contribution >= 4 is 23.5 Å². The van der Waals surface area contributed by atoms with Crippen molar-refractivity contribution in [2.75, 3.05) is 6.61 Å².